The molecular formula is C16H27N5. The lowest BCUT2D eigenvalue weighted by molar-refractivity contribution is 0.560. The number of rotatable bonds is 7. The first-order valence-electron chi connectivity index (χ1n) is 7.89. The van der Waals surface area contributed by atoms with Gasteiger partial charge in [-0.3, -0.25) is 9.36 Å². The van der Waals surface area contributed by atoms with Gasteiger partial charge in [0, 0.05) is 24.3 Å². The van der Waals surface area contributed by atoms with Gasteiger partial charge in [0.2, 0.25) is 0 Å². The van der Waals surface area contributed by atoms with Crippen molar-refractivity contribution in [3.05, 3.63) is 34.4 Å². The summed E-state index contributed by atoms with van der Waals surface area (Å²) < 4.78 is 4.23. The molecule has 0 aliphatic heterocycles. The van der Waals surface area contributed by atoms with Crippen LogP contribution >= 0.6 is 0 Å². The van der Waals surface area contributed by atoms with Crippen LogP contribution in [0.5, 0.6) is 0 Å². The lowest BCUT2D eigenvalue weighted by Crippen LogP contribution is -2.13. The van der Waals surface area contributed by atoms with Crippen molar-refractivity contribution in [2.24, 2.45) is 0 Å². The SMILES string of the molecule is CCc1nn(Cc2cc(C)nn2CC)c(CC)c1CNC. The zero-order chi connectivity index (χ0) is 15.4. The van der Waals surface area contributed by atoms with Crippen LogP contribution in [0.4, 0.5) is 0 Å². The van der Waals surface area contributed by atoms with Crippen molar-refractivity contribution in [1.82, 2.24) is 24.9 Å². The summed E-state index contributed by atoms with van der Waals surface area (Å²) in [6, 6.07) is 2.16. The van der Waals surface area contributed by atoms with Crippen molar-refractivity contribution in [3.63, 3.8) is 0 Å². The van der Waals surface area contributed by atoms with Crippen molar-refractivity contribution in [1.29, 1.82) is 0 Å². The number of hydrogen-bond acceptors (Lipinski definition) is 3. The Morgan fingerprint density at radius 3 is 2.43 bits per heavy atom. The van der Waals surface area contributed by atoms with Crippen molar-refractivity contribution in [2.75, 3.05) is 7.05 Å². The third-order valence-corrected chi connectivity index (χ3v) is 3.87. The zero-order valence-corrected chi connectivity index (χ0v) is 13.9. The quantitative estimate of drug-likeness (QED) is 0.851. The fraction of sp³-hybridized carbons (Fsp3) is 0.625. The molecule has 2 aromatic rings. The second kappa shape index (κ2) is 6.89. The van der Waals surface area contributed by atoms with Crippen LogP contribution in [0.1, 0.15) is 49.1 Å². The highest BCUT2D eigenvalue weighted by Crippen LogP contribution is 2.18. The first kappa shape index (κ1) is 15.8. The molecule has 2 rings (SSSR count). The van der Waals surface area contributed by atoms with E-state index in [-0.39, 0.29) is 0 Å². The van der Waals surface area contributed by atoms with Gasteiger partial charge in [-0.2, -0.15) is 10.2 Å². The number of nitrogens with one attached hydrogen (secondary N) is 1. The van der Waals surface area contributed by atoms with Gasteiger partial charge in [0.15, 0.2) is 0 Å². The van der Waals surface area contributed by atoms with Gasteiger partial charge in [-0.05, 0) is 39.8 Å². The molecule has 0 bridgehead atoms. The van der Waals surface area contributed by atoms with Gasteiger partial charge in [-0.25, -0.2) is 0 Å². The van der Waals surface area contributed by atoms with E-state index < -0.39 is 0 Å². The molecule has 116 valence electrons. The monoisotopic (exact) mass is 289 g/mol. The van der Waals surface area contributed by atoms with Crippen molar-refractivity contribution in [2.45, 2.75) is 60.2 Å². The fourth-order valence-electron chi connectivity index (χ4n) is 2.93. The summed E-state index contributed by atoms with van der Waals surface area (Å²) >= 11 is 0. The molecule has 2 heterocycles. The first-order valence-corrected chi connectivity index (χ1v) is 7.89. The molecular weight excluding hydrogens is 262 g/mol. The molecule has 0 saturated heterocycles. The highest BCUT2D eigenvalue weighted by molar-refractivity contribution is 5.27. The maximum atomic E-state index is 4.83. The Morgan fingerprint density at radius 2 is 1.86 bits per heavy atom. The number of hydrogen-bond donors (Lipinski definition) is 1. The van der Waals surface area contributed by atoms with E-state index in [1.54, 1.807) is 0 Å². The van der Waals surface area contributed by atoms with Crippen molar-refractivity contribution in [3.8, 4) is 0 Å². The Hall–Kier alpha value is -1.62. The normalized spacial score (nSPS) is 11.3. The standard InChI is InChI=1S/C16H27N5/c1-6-15-14(10-17-5)16(7-2)21(19-15)11-13-9-12(4)18-20(13)8-3/h9,17H,6-8,10-11H2,1-5H3. The number of nitrogens with zero attached hydrogens (tertiary/aromatic N) is 4. The van der Waals surface area contributed by atoms with Crippen LogP contribution < -0.4 is 5.32 Å². The van der Waals surface area contributed by atoms with Gasteiger partial charge >= 0.3 is 0 Å². The third kappa shape index (κ3) is 3.18. The number of aryl methyl sites for hydroxylation is 3. The predicted molar refractivity (Wildman–Crippen MR) is 85.5 cm³/mol. The van der Waals surface area contributed by atoms with Gasteiger partial charge < -0.3 is 5.32 Å². The fourth-order valence-corrected chi connectivity index (χ4v) is 2.93. The molecule has 0 spiro atoms. The van der Waals surface area contributed by atoms with E-state index >= 15 is 0 Å². The second-order valence-electron chi connectivity index (χ2n) is 5.36. The summed E-state index contributed by atoms with van der Waals surface area (Å²) in [7, 11) is 1.99. The minimum atomic E-state index is 0.800. The van der Waals surface area contributed by atoms with Gasteiger partial charge in [-0.15, -0.1) is 0 Å². The van der Waals surface area contributed by atoms with Crippen LogP contribution in [0.25, 0.3) is 0 Å². The third-order valence-electron chi connectivity index (χ3n) is 3.87. The molecule has 0 aromatic carbocycles. The summed E-state index contributed by atoms with van der Waals surface area (Å²) in [6.45, 7) is 11.1. The lowest BCUT2D eigenvalue weighted by Gasteiger charge is -2.09. The van der Waals surface area contributed by atoms with Crippen molar-refractivity contribution < 1.29 is 0 Å². The van der Waals surface area contributed by atoms with Gasteiger partial charge in [0.25, 0.3) is 0 Å². The van der Waals surface area contributed by atoms with E-state index in [1.807, 2.05) is 14.0 Å². The molecule has 2 aromatic heterocycles. The topological polar surface area (TPSA) is 47.7 Å². The molecule has 0 saturated carbocycles. The van der Waals surface area contributed by atoms with Crippen LogP contribution in [0, 0.1) is 6.92 Å². The highest BCUT2D eigenvalue weighted by Gasteiger charge is 2.16. The van der Waals surface area contributed by atoms with E-state index in [9.17, 15) is 0 Å². The van der Waals surface area contributed by atoms with Gasteiger partial charge in [0.05, 0.1) is 23.6 Å². The smallest absolute Gasteiger partial charge is 0.0831 e. The maximum Gasteiger partial charge on any atom is 0.0831 e. The minimum absolute atomic E-state index is 0.800. The Balaban J connectivity index is 2.39. The molecule has 0 unspecified atom stereocenters. The predicted octanol–water partition coefficient (Wildman–Crippen LogP) is 2.30. The molecule has 21 heavy (non-hydrogen) atoms. The van der Waals surface area contributed by atoms with Crippen LogP contribution in [-0.2, 0) is 32.5 Å². The Kier molecular flexibility index (Phi) is 5.17. The van der Waals surface area contributed by atoms with E-state index in [0.717, 1.165) is 38.2 Å². The Morgan fingerprint density at radius 1 is 1.10 bits per heavy atom. The second-order valence-corrected chi connectivity index (χ2v) is 5.36. The maximum absolute atomic E-state index is 4.83. The molecule has 0 fully saturated rings. The summed E-state index contributed by atoms with van der Waals surface area (Å²) in [4.78, 5) is 0. The minimum Gasteiger partial charge on any atom is -0.316 e. The Bertz CT molecular complexity index is 594. The summed E-state index contributed by atoms with van der Waals surface area (Å²) in [5.74, 6) is 0. The van der Waals surface area contributed by atoms with Crippen LogP contribution in [0.2, 0.25) is 0 Å². The van der Waals surface area contributed by atoms with E-state index in [4.69, 9.17) is 5.10 Å². The van der Waals surface area contributed by atoms with Crippen LogP contribution in [0.15, 0.2) is 6.07 Å². The average molecular weight is 289 g/mol. The zero-order valence-electron chi connectivity index (χ0n) is 13.9. The summed E-state index contributed by atoms with van der Waals surface area (Å²) in [6.07, 6.45) is 1.98. The molecule has 5 heteroatoms. The molecule has 0 amide bonds. The number of aromatic nitrogens is 4. The van der Waals surface area contributed by atoms with Crippen LogP contribution in [0.3, 0.4) is 0 Å². The molecule has 1 N–H and O–H groups in total. The highest BCUT2D eigenvalue weighted by atomic mass is 15.3. The van der Waals surface area contributed by atoms with Gasteiger partial charge in [0.1, 0.15) is 0 Å². The van der Waals surface area contributed by atoms with E-state index in [1.165, 1.54) is 22.6 Å². The molecule has 0 aliphatic carbocycles. The summed E-state index contributed by atoms with van der Waals surface area (Å²) in [5, 5.41) is 12.6. The van der Waals surface area contributed by atoms with E-state index in [0.29, 0.717) is 0 Å². The molecule has 0 aliphatic rings. The summed E-state index contributed by atoms with van der Waals surface area (Å²) in [5.41, 5.74) is 6.21. The molecule has 0 atom stereocenters. The average Bonchev–Trinajstić information content (AvgIpc) is 2.99. The first-order chi connectivity index (χ1) is 10.1. The van der Waals surface area contributed by atoms with Crippen LogP contribution in [-0.4, -0.2) is 26.6 Å². The Labute approximate surface area is 127 Å². The van der Waals surface area contributed by atoms with Gasteiger partial charge in [-0.1, -0.05) is 13.8 Å². The molecule has 0 radical (unpaired) electrons. The largest absolute Gasteiger partial charge is 0.316 e. The van der Waals surface area contributed by atoms with Crippen molar-refractivity contribution >= 4 is 0 Å². The lowest BCUT2D eigenvalue weighted by atomic mass is 10.1. The van der Waals surface area contributed by atoms with E-state index in [2.05, 4.69) is 46.6 Å². The molecule has 5 nitrogen and oxygen atoms in total.